The van der Waals surface area contributed by atoms with Gasteiger partial charge in [-0.3, -0.25) is 0 Å². The highest BCUT2D eigenvalue weighted by Crippen LogP contribution is 2.21. The van der Waals surface area contributed by atoms with Crippen LogP contribution in [-0.4, -0.2) is 43.5 Å². The molecule has 0 unspecified atom stereocenters. The van der Waals surface area contributed by atoms with E-state index in [4.69, 9.17) is 17.3 Å². The molecule has 0 aromatic heterocycles. The highest BCUT2D eigenvalue weighted by molar-refractivity contribution is 6.30. The molecule has 19 heavy (non-hydrogen) atoms. The molecular weight excluding hydrogens is 258 g/mol. The second kappa shape index (κ2) is 6.60. The first-order chi connectivity index (χ1) is 9.04. The molecule has 1 fully saturated rings. The van der Waals surface area contributed by atoms with Gasteiger partial charge < -0.3 is 15.5 Å². The summed E-state index contributed by atoms with van der Waals surface area (Å²) in [6.45, 7) is 4.45. The zero-order valence-corrected chi connectivity index (χ0v) is 12.7. The number of rotatable bonds is 4. The van der Waals surface area contributed by atoms with Crippen LogP contribution >= 0.6 is 11.6 Å². The second-order valence-electron chi connectivity index (χ2n) is 5.79. The minimum absolute atomic E-state index is 0.761. The Morgan fingerprint density at radius 1 is 1.37 bits per heavy atom. The molecular formula is C15H24ClN3. The van der Waals surface area contributed by atoms with E-state index in [1.165, 1.54) is 25.9 Å². The highest BCUT2D eigenvalue weighted by atomic mass is 35.5. The fourth-order valence-corrected chi connectivity index (χ4v) is 2.95. The van der Waals surface area contributed by atoms with Gasteiger partial charge in [0.1, 0.15) is 0 Å². The summed E-state index contributed by atoms with van der Waals surface area (Å²) in [6.07, 6.45) is 2.59. The maximum absolute atomic E-state index is 6.03. The number of nitrogens with zero attached hydrogens (tertiary/aromatic N) is 2. The van der Waals surface area contributed by atoms with Crippen LogP contribution in [0.25, 0.3) is 0 Å². The predicted molar refractivity (Wildman–Crippen MR) is 82.4 cm³/mol. The van der Waals surface area contributed by atoms with E-state index in [0.29, 0.717) is 0 Å². The van der Waals surface area contributed by atoms with Gasteiger partial charge in [-0.25, -0.2) is 0 Å². The molecule has 1 heterocycles. The smallest absolute Gasteiger partial charge is 0.0410 e. The molecule has 0 atom stereocenters. The van der Waals surface area contributed by atoms with Crippen molar-refractivity contribution in [3.05, 3.63) is 28.8 Å². The summed E-state index contributed by atoms with van der Waals surface area (Å²) < 4.78 is 0. The lowest BCUT2D eigenvalue weighted by atomic mass is 9.96. The van der Waals surface area contributed by atoms with Crippen LogP contribution in [0.1, 0.15) is 18.4 Å². The maximum atomic E-state index is 6.03. The minimum atomic E-state index is 0.761. The van der Waals surface area contributed by atoms with Crippen LogP contribution in [0.4, 0.5) is 5.69 Å². The van der Waals surface area contributed by atoms with E-state index in [1.807, 2.05) is 18.2 Å². The van der Waals surface area contributed by atoms with E-state index in [0.717, 1.165) is 35.3 Å². The molecule has 1 aromatic rings. The van der Waals surface area contributed by atoms with Gasteiger partial charge in [0.15, 0.2) is 0 Å². The van der Waals surface area contributed by atoms with Crippen molar-refractivity contribution in [2.24, 2.45) is 5.92 Å². The number of halogens is 1. The quantitative estimate of drug-likeness (QED) is 0.862. The molecule has 2 N–H and O–H groups in total. The number of nitrogens with two attached hydrogens (primary N) is 1. The first kappa shape index (κ1) is 14.6. The van der Waals surface area contributed by atoms with Gasteiger partial charge in [-0.1, -0.05) is 11.6 Å². The Hall–Kier alpha value is -0.770. The molecule has 0 amide bonds. The Balaban J connectivity index is 1.87. The maximum Gasteiger partial charge on any atom is 0.0410 e. The van der Waals surface area contributed by atoms with Crippen LogP contribution in [0.15, 0.2) is 18.2 Å². The number of likely N-dealkylation sites (tertiary alicyclic amines) is 1. The third kappa shape index (κ3) is 4.37. The number of piperidine rings is 1. The molecule has 0 aliphatic carbocycles. The van der Waals surface area contributed by atoms with Gasteiger partial charge in [-0.2, -0.15) is 0 Å². The SMILES string of the molecule is CN1CCC(CN(C)Cc2cc(Cl)ccc2N)CC1. The molecule has 0 radical (unpaired) electrons. The molecule has 4 heteroatoms. The summed E-state index contributed by atoms with van der Waals surface area (Å²) >= 11 is 6.03. The Bertz CT molecular complexity index is 414. The van der Waals surface area contributed by atoms with E-state index in [1.54, 1.807) is 0 Å². The van der Waals surface area contributed by atoms with Gasteiger partial charge in [0.05, 0.1) is 0 Å². The predicted octanol–water partition coefficient (Wildman–Crippen LogP) is 2.70. The standard InChI is InChI=1S/C15H24ClN3/c1-18-7-5-12(6-8-18)10-19(2)11-13-9-14(16)3-4-15(13)17/h3-4,9,12H,5-8,10-11,17H2,1-2H3. The third-order valence-electron chi connectivity index (χ3n) is 3.95. The topological polar surface area (TPSA) is 32.5 Å². The molecule has 0 spiro atoms. The van der Waals surface area contributed by atoms with Crippen molar-refractivity contribution in [3.8, 4) is 0 Å². The molecule has 1 saturated heterocycles. The summed E-state index contributed by atoms with van der Waals surface area (Å²) in [5.41, 5.74) is 7.96. The van der Waals surface area contributed by atoms with E-state index < -0.39 is 0 Å². The van der Waals surface area contributed by atoms with Crippen molar-refractivity contribution in [1.29, 1.82) is 0 Å². The van der Waals surface area contributed by atoms with E-state index in [2.05, 4.69) is 23.9 Å². The molecule has 106 valence electrons. The molecule has 0 saturated carbocycles. The third-order valence-corrected chi connectivity index (χ3v) is 4.19. The normalized spacial score (nSPS) is 18.1. The number of anilines is 1. The lowest BCUT2D eigenvalue weighted by molar-refractivity contribution is 0.173. The lowest BCUT2D eigenvalue weighted by Gasteiger charge is -2.31. The Morgan fingerprint density at radius 2 is 2.05 bits per heavy atom. The number of hydrogen-bond acceptors (Lipinski definition) is 3. The zero-order valence-electron chi connectivity index (χ0n) is 11.9. The van der Waals surface area contributed by atoms with Crippen molar-refractivity contribution in [3.63, 3.8) is 0 Å². The monoisotopic (exact) mass is 281 g/mol. The number of hydrogen-bond donors (Lipinski definition) is 1. The zero-order chi connectivity index (χ0) is 13.8. The van der Waals surface area contributed by atoms with Crippen LogP contribution in [-0.2, 0) is 6.54 Å². The molecule has 2 rings (SSSR count). The summed E-state index contributed by atoms with van der Waals surface area (Å²) in [7, 11) is 4.37. The van der Waals surface area contributed by atoms with Crippen LogP contribution in [0.2, 0.25) is 5.02 Å². The molecule has 1 aliphatic rings. The number of nitrogen functional groups attached to an aromatic ring is 1. The second-order valence-corrected chi connectivity index (χ2v) is 6.22. The lowest BCUT2D eigenvalue weighted by Crippen LogP contribution is -2.35. The van der Waals surface area contributed by atoms with Gasteiger partial charge >= 0.3 is 0 Å². The first-order valence-electron chi connectivity index (χ1n) is 6.95. The summed E-state index contributed by atoms with van der Waals surface area (Å²) in [5.74, 6) is 0.807. The largest absolute Gasteiger partial charge is 0.398 e. The van der Waals surface area contributed by atoms with Crippen LogP contribution in [0.3, 0.4) is 0 Å². The Labute approximate surface area is 121 Å². The van der Waals surface area contributed by atoms with E-state index in [9.17, 15) is 0 Å². The van der Waals surface area contributed by atoms with Gasteiger partial charge in [0.25, 0.3) is 0 Å². The van der Waals surface area contributed by atoms with Crippen molar-refractivity contribution in [2.75, 3.05) is 39.5 Å². The highest BCUT2D eigenvalue weighted by Gasteiger charge is 2.18. The van der Waals surface area contributed by atoms with Crippen LogP contribution < -0.4 is 5.73 Å². The van der Waals surface area contributed by atoms with Crippen LogP contribution in [0, 0.1) is 5.92 Å². The first-order valence-corrected chi connectivity index (χ1v) is 7.33. The summed E-state index contributed by atoms with van der Waals surface area (Å²) in [5, 5.41) is 0.761. The van der Waals surface area contributed by atoms with Gasteiger partial charge in [0, 0.05) is 23.8 Å². The molecule has 1 aromatic carbocycles. The Kier molecular flexibility index (Phi) is 5.08. The summed E-state index contributed by atoms with van der Waals surface area (Å²) in [6, 6.07) is 5.71. The molecule has 0 bridgehead atoms. The minimum Gasteiger partial charge on any atom is -0.398 e. The van der Waals surface area contributed by atoms with Crippen molar-refractivity contribution in [2.45, 2.75) is 19.4 Å². The van der Waals surface area contributed by atoms with E-state index >= 15 is 0 Å². The van der Waals surface area contributed by atoms with Gasteiger partial charge in [0.2, 0.25) is 0 Å². The molecule has 1 aliphatic heterocycles. The van der Waals surface area contributed by atoms with Crippen molar-refractivity contribution in [1.82, 2.24) is 9.80 Å². The van der Waals surface area contributed by atoms with Gasteiger partial charge in [-0.05, 0) is 69.7 Å². The average Bonchev–Trinajstić information content (AvgIpc) is 2.37. The van der Waals surface area contributed by atoms with Gasteiger partial charge in [-0.15, -0.1) is 0 Å². The summed E-state index contributed by atoms with van der Waals surface area (Å²) in [4.78, 5) is 4.77. The van der Waals surface area contributed by atoms with Crippen molar-refractivity contribution < 1.29 is 0 Å². The average molecular weight is 282 g/mol. The molecule has 3 nitrogen and oxygen atoms in total. The van der Waals surface area contributed by atoms with Crippen molar-refractivity contribution >= 4 is 17.3 Å². The van der Waals surface area contributed by atoms with Crippen LogP contribution in [0.5, 0.6) is 0 Å². The number of benzene rings is 1. The fraction of sp³-hybridized carbons (Fsp3) is 0.600. The Morgan fingerprint density at radius 3 is 2.74 bits per heavy atom. The van der Waals surface area contributed by atoms with E-state index in [-0.39, 0.29) is 0 Å². The fourth-order valence-electron chi connectivity index (χ4n) is 2.75.